The van der Waals surface area contributed by atoms with Crippen molar-refractivity contribution in [3.05, 3.63) is 65.2 Å². The predicted octanol–water partition coefficient (Wildman–Crippen LogP) is 5.23. The highest BCUT2D eigenvalue weighted by atomic mass is 16.5. The van der Waals surface area contributed by atoms with Gasteiger partial charge in [-0.1, -0.05) is 57.2 Å². The first-order valence-corrected chi connectivity index (χ1v) is 9.60. The molecule has 0 saturated heterocycles. The Kier molecular flexibility index (Phi) is 5.50. The summed E-state index contributed by atoms with van der Waals surface area (Å²) in [6.07, 6.45) is 2.04. The van der Waals surface area contributed by atoms with E-state index in [-0.39, 0.29) is 23.4 Å². The van der Waals surface area contributed by atoms with Gasteiger partial charge in [-0.2, -0.15) is 0 Å². The second-order valence-electron chi connectivity index (χ2n) is 8.42. The van der Waals surface area contributed by atoms with Gasteiger partial charge in [0.25, 0.3) is 0 Å². The smallest absolute Gasteiger partial charge is 0.166 e. The normalized spacial score (nSPS) is 17.9. The molecule has 0 spiro atoms. The van der Waals surface area contributed by atoms with Crippen molar-refractivity contribution in [1.29, 1.82) is 0 Å². The molecule has 0 unspecified atom stereocenters. The van der Waals surface area contributed by atoms with Gasteiger partial charge in [0.2, 0.25) is 0 Å². The largest absolute Gasteiger partial charge is 0.497 e. The molecule has 3 rings (SSSR count). The van der Waals surface area contributed by atoms with Gasteiger partial charge in [0, 0.05) is 29.2 Å². The van der Waals surface area contributed by atoms with Crippen LogP contribution in [-0.4, -0.2) is 18.7 Å². The van der Waals surface area contributed by atoms with Crippen molar-refractivity contribution in [2.75, 3.05) is 7.11 Å². The maximum absolute atomic E-state index is 13.2. The number of benzene rings is 2. The first-order chi connectivity index (χ1) is 12.8. The van der Waals surface area contributed by atoms with Gasteiger partial charge in [0.05, 0.1) is 7.11 Å². The van der Waals surface area contributed by atoms with Crippen LogP contribution in [0.5, 0.6) is 5.75 Å². The number of Topliss-reactive ketones (excluding diaryl/α,β-unsaturated/α-hetero) is 2. The molecule has 0 saturated carbocycles. The number of hydrogen-bond donors (Lipinski definition) is 0. The molecule has 0 aromatic heterocycles. The third kappa shape index (κ3) is 4.13. The molecule has 0 heterocycles. The van der Waals surface area contributed by atoms with E-state index in [1.54, 1.807) is 7.11 Å². The lowest BCUT2D eigenvalue weighted by Crippen LogP contribution is -2.32. The topological polar surface area (TPSA) is 43.4 Å². The number of carbonyl (C=O) groups is 2. The summed E-state index contributed by atoms with van der Waals surface area (Å²) in [5, 5.41) is 0. The van der Waals surface area contributed by atoms with Crippen molar-refractivity contribution in [3.8, 4) is 5.75 Å². The van der Waals surface area contributed by atoms with Crippen molar-refractivity contribution in [3.63, 3.8) is 0 Å². The van der Waals surface area contributed by atoms with E-state index in [4.69, 9.17) is 4.74 Å². The van der Waals surface area contributed by atoms with Crippen LogP contribution in [0.4, 0.5) is 0 Å². The second-order valence-corrected chi connectivity index (χ2v) is 8.42. The number of rotatable bonds is 5. The Labute approximate surface area is 161 Å². The molecule has 0 radical (unpaired) electrons. The van der Waals surface area contributed by atoms with E-state index in [2.05, 4.69) is 0 Å². The zero-order valence-corrected chi connectivity index (χ0v) is 16.6. The maximum atomic E-state index is 13.2. The molecular formula is C24H28O3. The summed E-state index contributed by atoms with van der Waals surface area (Å²) in [5.74, 6) is 0.859. The van der Waals surface area contributed by atoms with Crippen LogP contribution in [0.25, 0.3) is 0 Å². The van der Waals surface area contributed by atoms with E-state index < -0.39 is 5.41 Å². The highest BCUT2D eigenvalue weighted by Gasteiger charge is 2.37. The summed E-state index contributed by atoms with van der Waals surface area (Å²) in [6.45, 7) is 5.83. The number of carbonyl (C=O) groups excluding carboxylic acids is 2. The van der Waals surface area contributed by atoms with Gasteiger partial charge in [0.15, 0.2) is 5.78 Å². The van der Waals surface area contributed by atoms with Crippen LogP contribution < -0.4 is 4.74 Å². The first-order valence-electron chi connectivity index (χ1n) is 9.60. The summed E-state index contributed by atoms with van der Waals surface area (Å²) in [4.78, 5) is 26.1. The molecule has 0 N–H and O–H groups in total. The van der Waals surface area contributed by atoms with Crippen LogP contribution in [0.2, 0.25) is 0 Å². The fourth-order valence-electron chi connectivity index (χ4n) is 3.85. The average molecular weight is 364 g/mol. The molecule has 0 amide bonds. The minimum atomic E-state index is -0.416. The third-order valence-electron chi connectivity index (χ3n) is 5.62. The zero-order valence-electron chi connectivity index (χ0n) is 16.6. The van der Waals surface area contributed by atoms with Crippen LogP contribution in [-0.2, 0) is 11.2 Å². The Hall–Kier alpha value is -2.42. The molecule has 0 fully saturated rings. The lowest BCUT2D eigenvalue weighted by atomic mass is 9.70. The highest BCUT2D eigenvalue weighted by molar-refractivity contribution is 6.01. The molecule has 27 heavy (non-hydrogen) atoms. The van der Waals surface area contributed by atoms with E-state index >= 15 is 0 Å². The van der Waals surface area contributed by atoms with Gasteiger partial charge in [0.1, 0.15) is 11.5 Å². The number of methoxy groups -OCH3 is 1. The van der Waals surface area contributed by atoms with Gasteiger partial charge >= 0.3 is 0 Å². The minimum absolute atomic E-state index is 0.108. The fourth-order valence-corrected chi connectivity index (χ4v) is 3.85. The lowest BCUT2D eigenvalue weighted by molar-refractivity contribution is -0.126. The van der Waals surface area contributed by atoms with Crippen molar-refractivity contribution >= 4 is 11.6 Å². The van der Waals surface area contributed by atoms with E-state index in [1.165, 1.54) is 0 Å². The van der Waals surface area contributed by atoms with Gasteiger partial charge in [-0.05, 0) is 36.1 Å². The van der Waals surface area contributed by atoms with Crippen LogP contribution in [0.3, 0.4) is 0 Å². The first kappa shape index (κ1) is 19.3. The summed E-state index contributed by atoms with van der Waals surface area (Å²) in [7, 11) is 1.64. The summed E-state index contributed by atoms with van der Waals surface area (Å²) in [5.41, 5.74) is 2.55. The molecule has 3 nitrogen and oxygen atoms in total. The molecule has 0 bridgehead atoms. The molecule has 1 aliphatic rings. The lowest BCUT2D eigenvalue weighted by Gasteiger charge is -2.32. The molecule has 2 aromatic rings. The highest BCUT2D eigenvalue weighted by Crippen LogP contribution is 2.39. The van der Waals surface area contributed by atoms with Gasteiger partial charge in [-0.3, -0.25) is 9.59 Å². The van der Waals surface area contributed by atoms with Gasteiger partial charge in [-0.25, -0.2) is 0 Å². The van der Waals surface area contributed by atoms with Gasteiger partial charge < -0.3 is 4.74 Å². The second kappa shape index (κ2) is 7.67. The summed E-state index contributed by atoms with van der Waals surface area (Å²) >= 11 is 0. The quantitative estimate of drug-likeness (QED) is 0.730. The maximum Gasteiger partial charge on any atom is 0.166 e. The standard InChI is InChI=1S/C24H28O3/c1-24(2,3)22(25)15-21(17-9-12-18(27-4)13-10-17)20-14-11-16-7-5-6-8-19(16)23(20)26/h5-10,12-13,20-21H,11,14-15H2,1-4H3/t20-,21-/m1/s1. The molecule has 2 atom stereocenters. The van der Waals surface area contributed by atoms with Crippen molar-refractivity contribution in [2.24, 2.45) is 11.3 Å². The number of hydrogen-bond acceptors (Lipinski definition) is 3. The Morgan fingerprint density at radius 3 is 2.41 bits per heavy atom. The monoisotopic (exact) mass is 364 g/mol. The SMILES string of the molecule is COc1ccc([C@@H](CC(=O)C(C)(C)C)[C@H]2CCc3ccccc3C2=O)cc1. The average Bonchev–Trinajstić information content (AvgIpc) is 2.66. The molecule has 142 valence electrons. The van der Waals surface area contributed by atoms with Crippen LogP contribution in [0.1, 0.15) is 61.0 Å². The van der Waals surface area contributed by atoms with Crippen LogP contribution in [0, 0.1) is 11.3 Å². The Morgan fingerprint density at radius 1 is 1.11 bits per heavy atom. The van der Waals surface area contributed by atoms with Gasteiger partial charge in [-0.15, -0.1) is 0 Å². The molecule has 0 aliphatic heterocycles. The van der Waals surface area contributed by atoms with Crippen LogP contribution in [0.15, 0.2) is 48.5 Å². The van der Waals surface area contributed by atoms with Crippen molar-refractivity contribution in [1.82, 2.24) is 0 Å². The molecule has 2 aromatic carbocycles. The van der Waals surface area contributed by atoms with E-state index in [0.717, 1.165) is 35.3 Å². The van der Waals surface area contributed by atoms with Crippen molar-refractivity contribution < 1.29 is 14.3 Å². The third-order valence-corrected chi connectivity index (χ3v) is 5.62. The van der Waals surface area contributed by atoms with Crippen LogP contribution >= 0.6 is 0 Å². The molecule has 1 aliphatic carbocycles. The van der Waals surface area contributed by atoms with E-state index in [1.807, 2.05) is 69.3 Å². The Balaban J connectivity index is 1.96. The van der Waals surface area contributed by atoms with E-state index in [0.29, 0.717) is 6.42 Å². The predicted molar refractivity (Wildman–Crippen MR) is 107 cm³/mol. The number of ketones is 2. The van der Waals surface area contributed by atoms with E-state index in [9.17, 15) is 9.59 Å². The Morgan fingerprint density at radius 2 is 1.78 bits per heavy atom. The minimum Gasteiger partial charge on any atom is -0.497 e. The number of aryl methyl sites for hydroxylation is 1. The Bertz CT molecular complexity index is 827. The zero-order chi connectivity index (χ0) is 19.6. The van der Waals surface area contributed by atoms with Crippen molar-refractivity contribution in [2.45, 2.75) is 46.0 Å². The molecular weight excluding hydrogens is 336 g/mol. The molecule has 3 heteroatoms. The number of ether oxygens (including phenoxy) is 1. The summed E-state index contributed by atoms with van der Waals surface area (Å²) in [6, 6.07) is 15.7. The number of fused-ring (bicyclic) bond motifs is 1. The summed E-state index contributed by atoms with van der Waals surface area (Å²) < 4.78 is 5.26. The fraction of sp³-hybridized carbons (Fsp3) is 0.417.